The third-order valence-electron chi connectivity index (χ3n) is 3.80. The summed E-state index contributed by atoms with van der Waals surface area (Å²) in [5.74, 6) is 0.357. The Morgan fingerprint density at radius 3 is 2.46 bits per heavy atom. The van der Waals surface area contributed by atoms with Crippen LogP contribution in [0.1, 0.15) is 68.6 Å². The Balaban J connectivity index is 2.02. The summed E-state index contributed by atoms with van der Waals surface area (Å²) < 4.78 is 11.1. The molecule has 0 bridgehead atoms. The van der Waals surface area contributed by atoms with Gasteiger partial charge in [-0.25, -0.2) is 4.98 Å². The van der Waals surface area contributed by atoms with Gasteiger partial charge >= 0.3 is 0 Å². The highest BCUT2D eigenvalue weighted by Gasteiger charge is 2.11. The van der Waals surface area contributed by atoms with Crippen LogP contribution in [0.5, 0.6) is 5.88 Å². The number of halogens is 1. The summed E-state index contributed by atoms with van der Waals surface area (Å²) in [7, 11) is 0. The van der Waals surface area contributed by atoms with Crippen molar-refractivity contribution in [2.24, 2.45) is 0 Å². The summed E-state index contributed by atoms with van der Waals surface area (Å²) in [4.78, 5) is 15.9. The lowest BCUT2D eigenvalue weighted by atomic mass is 10.1. The Morgan fingerprint density at radius 1 is 1.04 bits per heavy atom. The third kappa shape index (κ3) is 9.38. The van der Waals surface area contributed by atoms with Crippen LogP contribution in [0.4, 0.5) is 0 Å². The molecule has 0 N–H and O–H groups in total. The van der Waals surface area contributed by atoms with Gasteiger partial charge < -0.3 is 9.47 Å². The highest BCUT2D eigenvalue weighted by molar-refractivity contribution is 9.09. The van der Waals surface area contributed by atoms with Crippen molar-refractivity contribution in [1.29, 1.82) is 0 Å². The number of ether oxygens (including phenoxy) is 2. The first kappa shape index (κ1) is 21.1. The van der Waals surface area contributed by atoms with E-state index in [1.54, 1.807) is 18.3 Å². The molecule has 0 saturated carbocycles. The van der Waals surface area contributed by atoms with Gasteiger partial charge in [0.05, 0.1) is 17.5 Å². The van der Waals surface area contributed by atoms with Crippen molar-refractivity contribution in [2.45, 2.75) is 58.3 Å². The summed E-state index contributed by atoms with van der Waals surface area (Å²) in [5.41, 5.74) is 0.512. The average molecular weight is 400 g/mol. The lowest BCUT2D eigenvalue weighted by molar-refractivity contribution is 0.0929. The van der Waals surface area contributed by atoms with Gasteiger partial charge in [0.25, 0.3) is 0 Å². The minimum Gasteiger partial charge on any atom is -0.475 e. The maximum Gasteiger partial charge on any atom is 0.224 e. The molecule has 1 aromatic heterocycles. The van der Waals surface area contributed by atoms with Crippen molar-refractivity contribution in [1.82, 2.24) is 4.98 Å². The zero-order chi connectivity index (χ0) is 17.5. The van der Waals surface area contributed by atoms with E-state index in [1.165, 1.54) is 44.9 Å². The first-order valence-electron chi connectivity index (χ1n) is 9.04. The Morgan fingerprint density at radius 2 is 1.75 bits per heavy atom. The molecular formula is C19H30BrNO3. The molecule has 0 aliphatic carbocycles. The lowest BCUT2D eigenvalue weighted by Crippen LogP contribution is -2.11. The lowest BCUT2D eigenvalue weighted by Gasteiger charge is -2.09. The standard InChI is InChI=1S/C19H30BrNO3/c1-2-3-4-5-6-7-8-9-13-23-14-15-24-19-17(18(22)16-20)11-10-12-21-19/h10-12H,2-9,13-16H2,1H3. The van der Waals surface area contributed by atoms with E-state index >= 15 is 0 Å². The van der Waals surface area contributed by atoms with Gasteiger partial charge in [-0.3, -0.25) is 4.79 Å². The van der Waals surface area contributed by atoms with Gasteiger partial charge in [0.2, 0.25) is 5.88 Å². The number of hydrogen-bond acceptors (Lipinski definition) is 4. The number of nitrogens with zero attached hydrogens (tertiary/aromatic N) is 1. The molecule has 5 heteroatoms. The Hall–Kier alpha value is -0.940. The number of aromatic nitrogens is 1. The largest absolute Gasteiger partial charge is 0.475 e. The van der Waals surface area contributed by atoms with Crippen LogP contribution < -0.4 is 4.74 Å². The number of carbonyl (C=O) groups is 1. The molecule has 1 heterocycles. The van der Waals surface area contributed by atoms with Crippen LogP contribution in [0.25, 0.3) is 0 Å². The van der Waals surface area contributed by atoms with Crippen molar-refractivity contribution in [2.75, 3.05) is 25.2 Å². The zero-order valence-corrected chi connectivity index (χ0v) is 16.4. The second-order valence-electron chi connectivity index (χ2n) is 5.85. The molecule has 24 heavy (non-hydrogen) atoms. The van der Waals surface area contributed by atoms with Gasteiger partial charge in [0.15, 0.2) is 5.78 Å². The monoisotopic (exact) mass is 399 g/mol. The van der Waals surface area contributed by atoms with Crippen LogP contribution in [-0.2, 0) is 4.74 Å². The molecule has 0 radical (unpaired) electrons. The number of carbonyl (C=O) groups excluding carboxylic acids is 1. The van der Waals surface area contributed by atoms with Crippen LogP contribution >= 0.6 is 15.9 Å². The quantitative estimate of drug-likeness (QED) is 0.231. The molecule has 0 unspecified atom stereocenters. The number of hydrogen-bond donors (Lipinski definition) is 0. The fourth-order valence-corrected chi connectivity index (χ4v) is 2.73. The second-order valence-corrected chi connectivity index (χ2v) is 6.41. The maximum atomic E-state index is 11.8. The van der Waals surface area contributed by atoms with E-state index < -0.39 is 0 Å². The normalized spacial score (nSPS) is 10.8. The molecule has 0 amide bonds. The highest BCUT2D eigenvalue weighted by Crippen LogP contribution is 2.15. The molecule has 4 nitrogen and oxygen atoms in total. The van der Waals surface area contributed by atoms with Crippen molar-refractivity contribution in [3.63, 3.8) is 0 Å². The van der Waals surface area contributed by atoms with E-state index in [0.29, 0.717) is 24.7 Å². The Labute approximate surface area is 154 Å². The summed E-state index contributed by atoms with van der Waals surface area (Å²) >= 11 is 3.17. The van der Waals surface area contributed by atoms with E-state index in [-0.39, 0.29) is 11.1 Å². The number of ketones is 1. The Bertz CT molecular complexity index is 454. The Kier molecular flexibility index (Phi) is 12.7. The fourth-order valence-electron chi connectivity index (χ4n) is 2.43. The van der Waals surface area contributed by atoms with Gasteiger partial charge in [-0.2, -0.15) is 0 Å². The van der Waals surface area contributed by atoms with Crippen molar-refractivity contribution in [3.05, 3.63) is 23.9 Å². The van der Waals surface area contributed by atoms with Crippen LogP contribution in [0.15, 0.2) is 18.3 Å². The van der Waals surface area contributed by atoms with Crippen LogP contribution in [0.2, 0.25) is 0 Å². The molecule has 0 atom stereocenters. The maximum absolute atomic E-state index is 11.8. The first-order valence-corrected chi connectivity index (χ1v) is 10.2. The van der Waals surface area contributed by atoms with Gasteiger partial charge in [-0.05, 0) is 18.6 Å². The number of rotatable bonds is 15. The zero-order valence-electron chi connectivity index (χ0n) is 14.8. The molecule has 0 aromatic carbocycles. The first-order chi connectivity index (χ1) is 11.8. The van der Waals surface area contributed by atoms with Gasteiger partial charge in [-0.15, -0.1) is 0 Å². The topological polar surface area (TPSA) is 48.4 Å². The average Bonchev–Trinajstić information content (AvgIpc) is 2.62. The minimum absolute atomic E-state index is 0.0297. The van der Waals surface area contributed by atoms with Gasteiger partial charge in [0, 0.05) is 12.8 Å². The van der Waals surface area contributed by atoms with Crippen molar-refractivity contribution < 1.29 is 14.3 Å². The SMILES string of the molecule is CCCCCCCCCCOCCOc1ncccc1C(=O)CBr. The van der Waals surface area contributed by atoms with E-state index in [2.05, 4.69) is 27.8 Å². The molecule has 0 aliphatic rings. The molecule has 136 valence electrons. The second kappa shape index (κ2) is 14.4. The molecule has 0 spiro atoms. The summed E-state index contributed by atoms with van der Waals surface area (Å²) in [5, 5.41) is 0.268. The molecule has 0 fully saturated rings. The summed E-state index contributed by atoms with van der Waals surface area (Å²) in [6.07, 6.45) is 12.0. The minimum atomic E-state index is -0.0297. The van der Waals surface area contributed by atoms with Crippen LogP contribution in [-0.4, -0.2) is 35.9 Å². The number of Topliss-reactive ketones (excluding diaryl/α,β-unsaturated/α-hetero) is 1. The van der Waals surface area contributed by atoms with E-state index in [9.17, 15) is 4.79 Å². The van der Waals surface area contributed by atoms with E-state index in [1.807, 2.05) is 0 Å². The van der Waals surface area contributed by atoms with E-state index in [0.717, 1.165) is 13.0 Å². The van der Waals surface area contributed by atoms with Crippen molar-refractivity contribution >= 4 is 21.7 Å². The number of unbranched alkanes of at least 4 members (excludes halogenated alkanes) is 7. The van der Waals surface area contributed by atoms with Crippen LogP contribution in [0, 0.1) is 0 Å². The number of alkyl halides is 1. The predicted octanol–water partition coefficient (Wildman–Crippen LogP) is 5.20. The molecular weight excluding hydrogens is 370 g/mol. The van der Waals surface area contributed by atoms with Gasteiger partial charge in [-0.1, -0.05) is 67.8 Å². The van der Waals surface area contributed by atoms with Gasteiger partial charge in [0.1, 0.15) is 6.61 Å². The molecule has 0 aliphatic heterocycles. The molecule has 1 rings (SSSR count). The van der Waals surface area contributed by atoms with E-state index in [4.69, 9.17) is 9.47 Å². The highest BCUT2D eigenvalue weighted by atomic mass is 79.9. The summed E-state index contributed by atoms with van der Waals surface area (Å²) in [6.45, 7) is 3.95. The molecule has 1 aromatic rings. The third-order valence-corrected chi connectivity index (χ3v) is 4.31. The van der Waals surface area contributed by atoms with Crippen LogP contribution in [0.3, 0.4) is 0 Å². The predicted molar refractivity (Wildman–Crippen MR) is 101 cm³/mol. The fraction of sp³-hybridized carbons (Fsp3) is 0.684. The molecule has 0 saturated heterocycles. The number of pyridine rings is 1. The summed E-state index contributed by atoms with van der Waals surface area (Å²) in [6, 6.07) is 3.47. The van der Waals surface area contributed by atoms with Crippen molar-refractivity contribution in [3.8, 4) is 5.88 Å². The smallest absolute Gasteiger partial charge is 0.224 e.